The molecule has 220 valence electrons. The minimum atomic E-state index is -5.85. The normalized spacial score (nSPS) is 14.4. The van der Waals surface area contributed by atoms with Gasteiger partial charge in [0.1, 0.15) is 6.04 Å². The Bertz CT molecular complexity index is 1260. The highest BCUT2D eigenvalue weighted by molar-refractivity contribution is 6.48. The predicted octanol–water partition coefficient (Wildman–Crippen LogP) is 8.39. The molecule has 2 rings (SSSR count). The van der Waals surface area contributed by atoms with Gasteiger partial charge in [-0.1, -0.05) is 64.6 Å². The van der Waals surface area contributed by atoms with E-state index in [2.05, 4.69) is 0 Å². The van der Waals surface area contributed by atoms with Gasteiger partial charge >= 0.3 is 18.5 Å². The summed E-state index contributed by atoms with van der Waals surface area (Å²) < 4.78 is 117. The third kappa shape index (κ3) is 8.82. The van der Waals surface area contributed by atoms with Crippen LogP contribution in [0.4, 0.5) is 39.5 Å². The van der Waals surface area contributed by atoms with Crippen molar-refractivity contribution in [3.8, 4) is 0 Å². The summed E-state index contributed by atoms with van der Waals surface area (Å²) in [7, 11) is 0. The molecule has 0 aromatic heterocycles. The Kier molecular flexibility index (Phi) is 10.7. The van der Waals surface area contributed by atoms with E-state index < -0.39 is 48.3 Å². The minimum Gasteiger partial charge on any atom is -0.340 e. The zero-order valence-corrected chi connectivity index (χ0v) is 22.5. The maximum Gasteiger partial charge on any atom is 0.417 e. The largest absolute Gasteiger partial charge is 0.417 e. The topological polar surface area (TPSA) is 58.2 Å². The van der Waals surface area contributed by atoms with E-state index in [-0.39, 0.29) is 36.8 Å². The molecule has 0 heterocycles. The number of allylic oxidation sites excluding steroid dienone is 1. The van der Waals surface area contributed by atoms with Crippen molar-refractivity contribution in [1.82, 2.24) is 10.6 Å². The summed E-state index contributed by atoms with van der Waals surface area (Å²) in [5, 5.41) is 1.78. The molecular weight excluding hydrogens is 649 g/mol. The number of amides is 2. The summed E-state index contributed by atoms with van der Waals surface area (Å²) in [6.45, 7) is 0.828. The lowest BCUT2D eigenvalue weighted by Crippen LogP contribution is -2.58. The van der Waals surface area contributed by atoms with Gasteiger partial charge in [0.25, 0.3) is 5.91 Å². The maximum atomic E-state index is 13.7. The number of nitrogens with one attached hydrogen (secondary N) is 2. The Morgan fingerprint density at radius 3 is 1.75 bits per heavy atom. The smallest absolute Gasteiger partial charge is 0.340 e. The average Bonchev–Trinajstić information content (AvgIpc) is 2.78. The van der Waals surface area contributed by atoms with Crippen molar-refractivity contribution in [2.24, 2.45) is 0 Å². The molecule has 40 heavy (non-hydrogen) atoms. The quantitative estimate of drug-likeness (QED) is 0.231. The monoisotopic (exact) mass is 662 g/mol. The SMILES string of the molecule is CC(NC(=O)c1ccc(/C=C/C(c2cc(Cl)c(Cl)c(Cl)c2)C(F)(F)F)cc1Cl)C(=O)NC(C(F)(F)F)C(F)(F)F. The standard InChI is InChI=1S/C23H15Cl4F9N2O2/c1-9(18(39)38-20(22(31,32)33)23(34,35)36)37-19(40)12-4-2-10(6-14(12)24)3-5-13(21(28,29)30)11-7-15(25)17(27)16(26)8-11/h2-9,13,20H,1H3,(H,37,40)(H,38,39)/b5-3+. The van der Waals surface area contributed by atoms with Crippen molar-refractivity contribution in [2.45, 2.75) is 43.5 Å². The highest BCUT2D eigenvalue weighted by Gasteiger charge is 2.57. The number of carbonyl (C=O) groups is 2. The average molecular weight is 664 g/mol. The predicted molar refractivity (Wildman–Crippen MR) is 132 cm³/mol. The molecule has 2 atom stereocenters. The van der Waals surface area contributed by atoms with Gasteiger partial charge in [-0.3, -0.25) is 9.59 Å². The molecule has 2 amide bonds. The van der Waals surface area contributed by atoms with Gasteiger partial charge in [0.05, 0.1) is 31.6 Å². The number of hydrogen-bond donors (Lipinski definition) is 2. The van der Waals surface area contributed by atoms with Gasteiger partial charge in [0.15, 0.2) is 0 Å². The molecule has 17 heteroatoms. The fraction of sp³-hybridized carbons (Fsp3) is 0.304. The summed E-state index contributed by atoms with van der Waals surface area (Å²) in [5.74, 6) is -5.13. The second kappa shape index (κ2) is 12.7. The molecule has 2 aromatic carbocycles. The lowest BCUT2D eigenvalue weighted by molar-refractivity contribution is -0.257. The summed E-state index contributed by atoms with van der Waals surface area (Å²) in [6, 6.07) is -0.808. The molecule has 0 radical (unpaired) electrons. The first kappa shape index (κ1) is 33.9. The molecule has 0 spiro atoms. The van der Waals surface area contributed by atoms with E-state index in [0.29, 0.717) is 0 Å². The van der Waals surface area contributed by atoms with Crippen LogP contribution in [0.5, 0.6) is 0 Å². The number of carbonyl (C=O) groups excluding carboxylic acids is 2. The van der Waals surface area contributed by atoms with Crippen molar-refractivity contribution in [2.75, 3.05) is 0 Å². The van der Waals surface area contributed by atoms with Gasteiger partial charge < -0.3 is 10.6 Å². The summed E-state index contributed by atoms with van der Waals surface area (Å²) in [5.41, 5.74) is -0.618. The third-order valence-electron chi connectivity index (χ3n) is 5.12. The van der Waals surface area contributed by atoms with Crippen LogP contribution in [0.2, 0.25) is 20.1 Å². The van der Waals surface area contributed by atoms with Crippen molar-refractivity contribution in [1.29, 1.82) is 0 Å². The fourth-order valence-corrected chi connectivity index (χ4v) is 4.03. The lowest BCUT2D eigenvalue weighted by Gasteiger charge is -2.25. The third-order valence-corrected chi connectivity index (χ3v) is 6.63. The van der Waals surface area contributed by atoms with Crippen LogP contribution in [0.15, 0.2) is 36.4 Å². The Labute approximate surface area is 240 Å². The first-order chi connectivity index (χ1) is 18.1. The van der Waals surface area contributed by atoms with Gasteiger partial charge in [-0.2, -0.15) is 39.5 Å². The molecule has 0 aliphatic heterocycles. The molecule has 0 bridgehead atoms. The first-order valence-corrected chi connectivity index (χ1v) is 12.1. The molecule has 0 fully saturated rings. The zero-order valence-electron chi connectivity index (χ0n) is 19.5. The van der Waals surface area contributed by atoms with Crippen LogP contribution in [0, 0.1) is 0 Å². The summed E-state index contributed by atoms with van der Waals surface area (Å²) in [4.78, 5) is 24.3. The van der Waals surface area contributed by atoms with E-state index >= 15 is 0 Å². The Balaban J connectivity index is 2.21. The zero-order chi connectivity index (χ0) is 30.8. The van der Waals surface area contributed by atoms with Gasteiger partial charge in [0, 0.05) is 0 Å². The van der Waals surface area contributed by atoms with Crippen molar-refractivity contribution < 1.29 is 49.1 Å². The molecular formula is C23H15Cl4F9N2O2. The van der Waals surface area contributed by atoms with Crippen LogP contribution in [-0.2, 0) is 4.79 Å². The number of hydrogen-bond acceptors (Lipinski definition) is 2. The second-order valence-electron chi connectivity index (χ2n) is 8.14. The summed E-state index contributed by atoms with van der Waals surface area (Å²) in [6.07, 6.45) is -14.7. The number of benzene rings is 2. The van der Waals surface area contributed by atoms with Crippen LogP contribution in [0.25, 0.3) is 6.08 Å². The van der Waals surface area contributed by atoms with Gasteiger partial charge in [-0.15, -0.1) is 0 Å². The number of rotatable bonds is 7. The van der Waals surface area contributed by atoms with Crippen LogP contribution >= 0.6 is 46.4 Å². The second-order valence-corrected chi connectivity index (χ2v) is 9.74. The number of alkyl halides is 9. The number of halogens is 13. The first-order valence-electron chi connectivity index (χ1n) is 10.6. The van der Waals surface area contributed by atoms with E-state index in [4.69, 9.17) is 46.4 Å². The molecule has 4 nitrogen and oxygen atoms in total. The molecule has 0 saturated carbocycles. The molecule has 2 unspecified atom stereocenters. The highest BCUT2D eigenvalue weighted by atomic mass is 35.5. The maximum absolute atomic E-state index is 13.7. The van der Waals surface area contributed by atoms with Crippen LogP contribution in [0.3, 0.4) is 0 Å². The molecule has 0 saturated heterocycles. The minimum absolute atomic E-state index is 0.0749. The van der Waals surface area contributed by atoms with Crippen molar-refractivity contribution in [3.05, 3.63) is 73.2 Å². The Morgan fingerprint density at radius 2 is 1.30 bits per heavy atom. The Hall–Kier alpha value is -2.35. The van der Waals surface area contributed by atoms with E-state index in [1.165, 1.54) is 0 Å². The van der Waals surface area contributed by atoms with Crippen LogP contribution in [-0.4, -0.2) is 42.4 Å². The van der Waals surface area contributed by atoms with E-state index in [9.17, 15) is 49.1 Å². The van der Waals surface area contributed by atoms with Gasteiger partial charge in [0.2, 0.25) is 11.9 Å². The van der Waals surface area contributed by atoms with E-state index in [0.717, 1.165) is 54.7 Å². The van der Waals surface area contributed by atoms with E-state index in [1.54, 1.807) is 0 Å². The van der Waals surface area contributed by atoms with Crippen molar-refractivity contribution in [3.63, 3.8) is 0 Å². The molecule has 2 N–H and O–H groups in total. The van der Waals surface area contributed by atoms with Crippen LogP contribution in [0.1, 0.15) is 34.3 Å². The summed E-state index contributed by atoms with van der Waals surface area (Å²) >= 11 is 23.5. The highest BCUT2D eigenvalue weighted by Crippen LogP contribution is 2.41. The Morgan fingerprint density at radius 1 is 0.775 bits per heavy atom. The van der Waals surface area contributed by atoms with E-state index in [1.807, 2.05) is 5.32 Å². The molecule has 0 aliphatic rings. The fourth-order valence-electron chi connectivity index (χ4n) is 3.15. The van der Waals surface area contributed by atoms with Crippen LogP contribution < -0.4 is 10.6 Å². The van der Waals surface area contributed by atoms with Gasteiger partial charge in [-0.05, 0) is 42.3 Å². The van der Waals surface area contributed by atoms with Gasteiger partial charge in [-0.25, -0.2) is 0 Å². The lowest BCUT2D eigenvalue weighted by atomic mass is 9.97. The molecule has 2 aromatic rings. The van der Waals surface area contributed by atoms with Crippen molar-refractivity contribution >= 4 is 64.3 Å². The molecule has 0 aliphatic carbocycles.